The van der Waals surface area contributed by atoms with Crippen LogP contribution in [0, 0.1) is 6.92 Å². The second kappa shape index (κ2) is 5.40. The van der Waals surface area contributed by atoms with Crippen LogP contribution in [0.1, 0.15) is 5.56 Å². The summed E-state index contributed by atoms with van der Waals surface area (Å²) in [6.45, 7) is 1.98. The van der Waals surface area contributed by atoms with Crippen LogP contribution in [0.3, 0.4) is 0 Å². The van der Waals surface area contributed by atoms with E-state index in [2.05, 4.69) is 20.4 Å². The molecule has 0 unspecified atom stereocenters. The Morgan fingerprint density at radius 1 is 1.22 bits per heavy atom. The molecule has 0 saturated carbocycles. The third kappa shape index (κ3) is 2.53. The SMILES string of the molecule is Cc1cccc2nc(Nc3cnn(-c4ncccc4Cl)c3)oc12. The minimum atomic E-state index is 0.418. The van der Waals surface area contributed by atoms with Crippen molar-refractivity contribution < 1.29 is 4.42 Å². The van der Waals surface area contributed by atoms with Gasteiger partial charge in [0.05, 0.1) is 23.1 Å². The number of hydrogen-bond donors (Lipinski definition) is 1. The van der Waals surface area contributed by atoms with Gasteiger partial charge in [-0.2, -0.15) is 10.1 Å². The van der Waals surface area contributed by atoms with Gasteiger partial charge in [-0.1, -0.05) is 23.7 Å². The zero-order valence-corrected chi connectivity index (χ0v) is 12.9. The molecule has 0 bridgehead atoms. The summed E-state index contributed by atoms with van der Waals surface area (Å²) < 4.78 is 7.34. The Bertz CT molecular complexity index is 991. The first-order chi connectivity index (χ1) is 11.2. The summed E-state index contributed by atoms with van der Waals surface area (Å²) in [6, 6.07) is 9.80. The van der Waals surface area contributed by atoms with Gasteiger partial charge in [0.25, 0.3) is 6.01 Å². The van der Waals surface area contributed by atoms with Crippen LogP contribution >= 0.6 is 11.6 Å². The summed E-state index contributed by atoms with van der Waals surface area (Å²) in [4.78, 5) is 8.63. The summed E-state index contributed by atoms with van der Waals surface area (Å²) in [6.07, 6.45) is 5.10. The lowest BCUT2D eigenvalue weighted by atomic mass is 10.2. The standard InChI is InChI=1S/C16H12ClN5O/c1-10-4-2-6-13-14(10)23-16(21-13)20-11-8-19-22(9-11)15-12(17)5-3-7-18-15/h2-9H,1H3,(H,20,21). The molecule has 7 heteroatoms. The van der Waals surface area contributed by atoms with Crippen molar-refractivity contribution in [3.8, 4) is 5.82 Å². The van der Waals surface area contributed by atoms with Crippen LogP contribution in [0.5, 0.6) is 0 Å². The van der Waals surface area contributed by atoms with Crippen LogP contribution in [0.2, 0.25) is 5.02 Å². The number of aromatic nitrogens is 4. The molecule has 3 heterocycles. The van der Waals surface area contributed by atoms with E-state index in [0.29, 0.717) is 16.9 Å². The molecule has 0 spiro atoms. The van der Waals surface area contributed by atoms with Gasteiger partial charge in [-0.05, 0) is 30.7 Å². The van der Waals surface area contributed by atoms with Gasteiger partial charge in [-0.15, -0.1) is 0 Å². The predicted octanol–water partition coefficient (Wildman–Crippen LogP) is 4.11. The molecule has 0 fully saturated rings. The van der Waals surface area contributed by atoms with E-state index in [1.807, 2.05) is 25.1 Å². The van der Waals surface area contributed by atoms with Gasteiger partial charge in [-0.25, -0.2) is 9.67 Å². The maximum Gasteiger partial charge on any atom is 0.300 e. The first-order valence-corrected chi connectivity index (χ1v) is 7.37. The van der Waals surface area contributed by atoms with E-state index in [1.165, 1.54) is 0 Å². The van der Waals surface area contributed by atoms with E-state index < -0.39 is 0 Å². The van der Waals surface area contributed by atoms with E-state index in [9.17, 15) is 0 Å². The fourth-order valence-corrected chi connectivity index (χ4v) is 2.52. The third-order valence-electron chi connectivity index (χ3n) is 3.40. The Labute approximate surface area is 136 Å². The molecule has 0 amide bonds. The molecule has 0 saturated heterocycles. The molecule has 4 rings (SSSR count). The Balaban J connectivity index is 1.64. The monoisotopic (exact) mass is 325 g/mol. The lowest BCUT2D eigenvalue weighted by Gasteiger charge is -2.01. The summed E-state index contributed by atoms with van der Waals surface area (Å²) in [5.41, 5.74) is 3.36. The van der Waals surface area contributed by atoms with Crippen molar-refractivity contribution in [2.24, 2.45) is 0 Å². The van der Waals surface area contributed by atoms with Crippen molar-refractivity contribution >= 4 is 34.4 Å². The first-order valence-electron chi connectivity index (χ1n) is 6.99. The minimum absolute atomic E-state index is 0.418. The van der Waals surface area contributed by atoms with E-state index in [-0.39, 0.29) is 0 Å². The Hall–Kier alpha value is -2.86. The first kappa shape index (κ1) is 13.8. The van der Waals surface area contributed by atoms with Gasteiger partial charge in [0, 0.05) is 6.20 Å². The lowest BCUT2D eigenvalue weighted by molar-refractivity contribution is 0.620. The van der Waals surface area contributed by atoms with Gasteiger partial charge >= 0.3 is 0 Å². The number of nitrogens with zero attached hydrogens (tertiary/aromatic N) is 4. The average Bonchev–Trinajstić information content (AvgIpc) is 3.16. The number of hydrogen-bond acceptors (Lipinski definition) is 5. The van der Waals surface area contributed by atoms with E-state index >= 15 is 0 Å². The number of para-hydroxylation sites is 1. The van der Waals surface area contributed by atoms with E-state index in [0.717, 1.165) is 22.4 Å². The number of benzene rings is 1. The third-order valence-corrected chi connectivity index (χ3v) is 3.70. The number of oxazole rings is 1. The highest BCUT2D eigenvalue weighted by Gasteiger charge is 2.10. The van der Waals surface area contributed by atoms with Crippen molar-refractivity contribution in [1.82, 2.24) is 19.7 Å². The normalized spacial score (nSPS) is 11.0. The molecule has 0 aliphatic heterocycles. The maximum absolute atomic E-state index is 6.12. The van der Waals surface area contributed by atoms with Crippen molar-refractivity contribution in [2.45, 2.75) is 6.92 Å². The quantitative estimate of drug-likeness (QED) is 0.613. The Morgan fingerprint density at radius 2 is 2.13 bits per heavy atom. The number of halogens is 1. The van der Waals surface area contributed by atoms with Crippen LogP contribution in [-0.2, 0) is 0 Å². The van der Waals surface area contributed by atoms with Gasteiger partial charge < -0.3 is 9.73 Å². The molecule has 0 radical (unpaired) electrons. The van der Waals surface area contributed by atoms with Crippen molar-refractivity contribution in [3.05, 3.63) is 59.5 Å². The number of fused-ring (bicyclic) bond motifs is 1. The highest BCUT2D eigenvalue weighted by molar-refractivity contribution is 6.32. The van der Waals surface area contributed by atoms with Gasteiger partial charge in [0.2, 0.25) is 0 Å². The molecule has 1 N–H and O–H groups in total. The lowest BCUT2D eigenvalue weighted by Crippen LogP contribution is -1.98. The Kier molecular flexibility index (Phi) is 3.24. The number of aryl methyl sites for hydroxylation is 1. The smallest absolute Gasteiger partial charge is 0.300 e. The molecule has 23 heavy (non-hydrogen) atoms. The molecular formula is C16H12ClN5O. The van der Waals surface area contributed by atoms with Crippen LogP contribution in [0.15, 0.2) is 53.3 Å². The largest absolute Gasteiger partial charge is 0.423 e. The Morgan fingerprint density at radius 3 is 2.96 bits per heavy atom. The summed E-state index contributed by atoms with van der Waals surface area (Å²) in [5, 5.41) is 7.88. The van der Waals surface area contributed by atoms with Crippen LogP contribution in [0.4, 0.5) is 11.7 Å². The second-order valence-corrected chi connectivity index (χ2v) is 5.46. The van der Waals surface area contributed by atoms with Crippen LogP contribution < -0.4 is 5.32 Å². The summed E-state index contributed by atoms with van der Waals surface area (Å²) in [7, 11) is 0. The molecule has 0 aliphatic rings. The van der Waals surface area contributed by atoms with Crippen LogP contribution in [-0.4, -0.2) is 19.7 Å². The van der Waals surface area contributed by atoms with Crippen LogP contribution in [0.25, 0.3) is 16.9 Å². The van der Waals surface area contributed by atoms with Crippen molar-refractivity contribution in [1.29, 1.82) is 0 Å². The highest BCUT2D eigenvalue weighted by atomic mass is 35.5. The number of nitrogens with one attached hydrogen (secondary N) is 1. The minimum Gasteiger partial charge on any atom is -0.423 e. The summed E-state index contributed by atoms with van der Waals surface area (Å²) in [5.74, 6) is 0.565. The fraction of sp³-hybridized carbons (Fsp3) is 0.0625. The molecule has 4 aromatic rings. The summed E-state index contributed by atoms with van der Waals surface area (Å²) >= 11 is 6.12. The van der Waals surface area contributed by atoms with Gasteiger partial charge in [-0.3, -0.25) is 0 Å². The average molecular weight is 326 g/mol. The zero-order chi connectivity index (χ0) is 15.8. The molecular weight excluding hydrogens is 314 g/mol. The number of rotatable bonds is 3. The second-order valence-electron chi connectivity index (χ2n) is 5.05. The molecule has 114 valence electrons. The topological polar surface area (TPSA) is 68.8 Å². The number of anilines is 2. The van der Waals surface area contributed by atoms with Crippen molar-refractivity contribution in [2.75, 3.05) is 5.32 Å². The predicted molar refractivity (Wildman–Crippen MR) is 88.4 cm³/mol. The fourth-order valence-electron chi connectivity index (χ4n) is 2.31. The van der Waals surface area contributed by atoms with E-state index in [1.54, 1.807) is 35.4 Å². The molecule has 0 atom stereocenters. The highest BCUT2D eigenvalue weighted by Crippen LogP contribution is 2.25. The molecule has 3 aromatic heterocycles. The van der Waals surface area contributed by atoms with Crippen molar-refractivity contribution in [3.63, 3.8) is 0 Å². The molecule has 1 aromatic carbocycles. The zero-order valence-electron chi connectivity index (χ0n) is 12.2. The number of pyridine rings is 1. The maximum atomic E-state index is 6.12. The van der Waals surface area contributed by atoms with E-state index in [4.69, 9.17) is 16.0 Å². The van der Waals surface area contributed by atoms with Gasteiger partial charge in [0.15, 0.2) is 11.4 Å². The molecule has 0 aliphatic carbocycles. The molecule has 6 nitrogen and oxygen atoms in total. The van der Waals surface area contributed by atoms with Gasteiger partial charge in [0.1, 0.15) is 5.52 Å².